The third kappa shape index (κ3) is 2.59. The third-order valence-electron chi connectivity index (χ3n) is 4.34. The van der Waals surface area contributed by atoms with Gasteiger partial charge in [0.15, 0.2) is 0 Å². The largest absolute Gasteiger partial charge is 0.496 e. The highest BCUT2D eigenvalue weighted by Crippen LogP contribution is 2.41. The number of hydrogen-bond acceptors (Lipinski definition) is 4. The monoisotopic (exact) mass is 273 g/mol. The molecule has 0 aliphatic carbocycles. The van der Waals surface area contributed by atoms with Crippen LogP contribution >= 0.6 is 0 Å². The minimum Gasteiger partial charge on any atom is -0.496 e. The van der Waals surface area contributed by atoms with Gasteiger partial charge in [0.1, 0.15) is 5.75 Å². The van der Waals surface area contributed by atoms with Gasteiger partial charge >= 0.3 is 0 Å². The summed E-state index contributed by atoms with van der Waals surface area (Å²) in [6, 6.07) is 8.63. The summed E-state index contributed by atoms with van der Waals surface area (Å²) in [6.45, 7) is 6.26. The van der Waals surface area contributed by atoms with Crippen molar-refractivity contribution in [2.45, 2.75) is 38.1 Å². The lowest BCUT2D eigenvalue weighted by Gasteiger charge is -2.40. The Bertz CT molecular complexity index is 511. The third-order valence-corrected chi connectivity index (χ3v) is 4.34. The van der Waals surface area contributed by atoms with E-state index in [9.17, 15) is 5.26 Å². The Morgan fingerprint density at radius 2 is 2.00 bits per heavy atom. The summed E-state index contributed by atoms with van der Waals surface area (Å²) >= 11 is 0. The molecule has 1 saturated heterocycles. The van der Waals surface area contributed by atoms with Gasteiger partial charge in [-0.1, -0.05) is 0 Å². The molecular weight excluding hydrogens is 250 g/mol. The van der Waals surface area contributed by atoms with Crippen molar-refractivity contribution in [2.24, 2.45) is 0 Å². The molecule has 1 aromatic carbocycles. The van der Waals surface area contributed by atoms with Gasteiger partial charge in [-0.25, -0.2) is 0 Å². The van der Waals surface area contributed by atoms with Crippen LogP contribution < -0.4 is 10.5 Å². The van der Waals surface area contributed by atoms with E-state index in [-0.39, 0.29) is 0 Å². The number of nitrogens with two attached hydrogens (primary N) is 1. The average molecular weight is 273 g/mol. The number of nitrogen functional groups attached to an aromatic ring is 1. The topological polar surface area (TPSA) is 62.3 Å². The molecule has 0 amide bonds. The number of ether oxygens (including phenoxy) is 1. The molecule has 108 valence electrons. The molecule has 1 aliphatic rings. The number of hydrogen-bond donors (Lipinski definition) is 1. The SMILES string of the molecule is COc1ccc(N)cc1C1(C#N)CCN(C(C)C)CC1. The molecule has 0 bridgehead atoms. The van der Waals surface area contributed by atoms with E-state index in [0.29, 0.717) is 11.7 Å². The molecule has 0 unspecified atom stereocenters. The van der Waals surface area contributed by atoms with E-state index < -0.39 is 5.41 Å². The minimum atomic E-state index is -0.480. The summed E-state index contributed by atoms with van der Waals surface area (Å²) in [4.78, 5) is 2.41. The van der Waals surface area contributed by atoms with Gasteiger partial charge in [-0.15, -0.1) is 0 Å². The van der Waals surface area contributed by atoms with Crippen LogP contribution in [0.2, 0.25) is 0 Å². The number of rotatable bonds is 3. The van der Waals surface area contributed by atoms with Crippen molar-refractivity contribution in [1.29, 1.82) is 5.26 Å². The van der Waals surface area contributed by atoms with Crippen LogP contribution in [0.3, 0.4) is 0 Å². The Morgan fingerprint density at radius 3 is 2.50 bits per heavy atom. The van der Waals surface area contributed by atoms with E-state index in [4.69, 9.17) is 10.5 Å². The molecule has 1 fully saturated rings. The van der Waals surface area contributed by atoms with Crippen molar-refractivity contribution in [1.82, 2.24) is 4.90 Å². The van der Waals surface area contributed by atoms with Crippen LogP contribution in [0, 0.1) is 11.3 Å². The Morgan fingerprint density at radius 1 is 1.35 bits per heavy atom. The number of piperidine rings is 1. The van der Waals surface area contributed by atoms with Crippen LogP contribution in [0.15, 0.2) is 18.2 Å². The second-order valence-corrected chi connectivity index (χ2v) is 5.78. The van der Waals surface area contributed by atoms with Crippen molar-refractivity contribution < 1.29 is 4.74 Å². The predicted octanol–water partition coefficient (Wildman–Crippen LogP) is 2.54. The molecule has 0 saturated carbocycles. The number of benzene rings is 1. The highest BCUT2D eigenvalue weighted by molar-refractivity contribution is 5.53. The Kier molecular flexibility index (Phi) is 4.20. The maximum Gasteiger partial charge on any atom is 0.123 e. The Hall–Kier alpha value is -1.73. The fourth-order valence-electron chi connectivity index (χ4n) is 2.96. The quantitative estimate of drug-likeness (QED) is 0.860. The molecule has 4 nitrogen and oxygen atoms in total. The number of anilines is 1. The maximum atomic E-state index is 9.77. The summed E-state index contributed by atoms with van der Waals surface area (Å²) in [5.74, 6) is 0.763. The van der Waals surface area contributed by atoms with Crippen LogP contribution in [0.25, 0.3) is 0 Å². The zero-order chi connectivity index (χ0) is 14.8. The lowest BCUT2D eigenvalue weighted by molar-refractivity contribution is 0.149. The molecule has 4 heteroatoms. The van der Waals surface area contributed by atoms with Crippen LogP contribution in [0.1, 0.15) is 32.3 Å². The van der Waals surface area contributed by atoms with Crippen LogP contribution in [-0.2, 0) is 5.41 Å². The van der Waals surface area contributed by atoms with E-state index >= 15 is 0 Å². The van der Waals surface area contributed by atoms with E-state index in [1.165, 1.54) is 0 Å². The van der Waals surface area contributed by atoms with Gasteiger partial charge in [-0.05, 0) is 44.9 Å². The molecule has 1 aliphatic heterocycles. The molecule has 0 atom stereocenters. The molecule has 2 N–H and O–H groups in total. The van der Waals surface area contributed by atoms with Crippen molar-refractivity contribution >= 4 is 5.69 Å². The van der Waals surface area contributed by atoms with Gasteiger partial charge < -0.3 is 15.4 Å². The van der Waals surface area contributed by atoms with Crippen LogP contribution in [0.4, 0.5) is 5.69 Å². The molecule has 1 aromatic rings. The lowest BCUT2D eigenvalue weighted by Crippen LogP contribution is -2.44. The van der Waals surface area contributed by atoms with Gasteiger partial charge in [0.25, 0.3) is 0 Å². The molecule has 0 aromatic heterocycles. The molecule has 0 spiro atoms. The van der Waals surface area contributed by atoms with Crippen molar-refractivity contribution in [3.05, 3.63) is 23.8 Å². The van der Waals surface area contributed by atoms with Gasteiger partial charge in [0.05, 0.1) is 18.6 Å². The summed E-state index contributed by atoms with van der Waals surface area (Å²) in [5, 5.41) is 9.77. The van der Waals surface area contributed by atoms with Crippen LogP contribution in [0.5, 0.6) is 5.75 Å². The Labute approximate surface area is 121 Å². The van der Waals surface area contributed by atoms with E-state index in [0.717, 1.165) is 37.2 Å². The molecule has 1 heterocycles. The first-order chi connectivity index (χ1) is 9.52. The van der Waals surface area contributed by atoms with Gasteiger partial charge in [0.2, 0.25) is 0 Å². The highest BCUT2D eigenvalue weighted by Gasteiger charge is 2.39. The summed E-state index contributed by atoms with van der Waals surface area (Å²) in [5.41, 5.74) is 7.04. The summed E-state index contributed by atoms with van der Waals surface area (Å²) in [7, 11) is 1.64. The number of likely N-dealkylation sites (tertiary alicyclic amines) is 1. The van der Waals surface area contributed by atoms with E-state index in [1.807, 2.05) is 18.2 Å². The van der Waals surface area contributed by atoms with Crippen molar-refractivity contribution in [3.63, 3.8) is 0 Å². The normalized spacial score (nSPS) is 18.8. The maximum absolute atomic E-state index is 9.77. The summed E-state index contributed by atoms with van der Waals surface area (Å²) < 4.78 is 5.43. The van der Waals surface area contributed by atoms with Gasteiger partial charge in [-0.2, -0.15) is 5.26 Å². The number of methoxy groups -OCH3 is 1. The Balaban J connectivity index is 2.34. The second-order valence-electron chi connectivity index (χ2n) is 5.78. The zero-order valence-corrected chi connectivity index (χ0v) is 12.5. The van der Waals surface area contributed by atoms with E-state index in [2.05, 4.69) is 24.8 Å². The van der Waals surface area contributed by atoms with Crippen LogP contribution in [-0.4, -0.2) is 31.1 Å². The van der Waals surface area contributed by atoms with Crippen molar-refractivity contribution in [2.75, 3.05) is 25.9 Å². The fourth-order valence-corrected chi connectivity index (χ4v) is 2.96. The fraction of sp³-hybridized carbons (Fsp3) is 0.562. The lowest BCUT2D eigenvalue weighted by atomic mass is 9.73. The first-order valence-corrected chi connectivity index (χ1v) is 7.12. The predicted molar refractivity (Wildman–Crippen MR) is 80.6 cm³/mol. The minimum absolute atomic E-state index is 0.480. The zero-order valence-electron chi connectivity index (χ0n) is 12.5. The first kappa shape index (κ1) is 14.7. The average Bonchev–Trinajstić information content (AvgIpc) is 2.47. The molecule has 2 rings (SSSR count). The number of nitriles is 1. The van der Waals surface area contributed by atoms with E-state index in [1.54, 1.807) is 7.11 Å². The molecule has 20 heavy (non-hydrogen) atoms. The smallest absolute Gasteiger partial charge is 0.123 e. The van der Waals surface area contributed by atoms with Gasteiger partial charge in [0, 0.05) is 30.4 Å². The molecule has 0 radical (unpaired) electrons. The number of nitrogens with zero attached hydrogens (tertiary/aromatic N) is 2. The van der Waals surface area contributed by atoms with Crippen molar-refractivity contribution in [3.8, 4) is 11.8 Å². The molecular formula is C16H23N3O. The second kappa shape index (κ2) is 5.72. The summed E-state index contributed by atoms with van der Waals surface area (Å²) in [6.07, 6.45) is 1.64. The van der Waals surface area contributed by atoms with Gasteiger partial charge in [-0.3, -0.25) is 0 Å². The first-order valence-electron chi connectivity index (χ1n) is 7.12. The standard InChI is InChI=1S/C16H23N3O/c1-12(2)19-8-6-16(11-17,7-9-19)14-10-13(18)4-5-15(14)20-3/h4-5,10,12H,6-9,18H2,1-3H3. The highest BCUT2D eigenvalue weighted by atomic mass is 16.5.